The number of nitro benzene ring substituents is 1. The average molecular weight is 509 g/mol. The predicted octanol–water partition coefficient (Wildman–Crippen LogP) is 4.79. The molecule has 0 saturated carbocycles. The second-order valence-electron chi connectivity index (χ2n) is 8.98. The third-order valence-electron chi connectivity index (χ3n) is 6.27. The number of amides is 2. The molecule has 5 rings (SSSR count). The number of imidazole rings is 1. The van der Waals surface area contributed by atoms with Gasteiger partial charge in [-0.25, -0.2) is 4.98 Å². The lowest BCUT2D eigenvalue weighted by Gasteiger charge is -2.15. The number of nitrogens with zero attached hydrogens (tertiary/aromatic N) is 3. The van der Waals surface area contributed by atoms with E-state index in [2.05, 4.69) is 20.6 Å². The van der Waals surface area contributed by atoms with Crippen LogP contribution < -0.4 is 10.6 Å². The first-order chi connectivity index (χ1) is 18.3. The summed E-state index contributed by atoms with van der Waals surface area (Å²) in [5.41, 5.74) is 5.37. The number of aliphatic imine (C=N–C) groups is 1. The summed E-state index contributed by atoms with van der Waals surface area (Å²) in [6, 6.07) is 19.2. The van der Waals surface area contributed by atoms with Crippen molar-refractivity contribution < 1.29 is 14.5 Å². The van der Waals surface area contributed by atoms with Gasteiger partial charge < -0.3 is 15.6 Å². The Morgan fingerprint density at radius 2 is 1.84 bits per heavy atom. The van der Waals surface area contributed by atoms with Crippen LogP contribution in [-0.2, 0) is 16.1 Å². The van der Waals surface area contributed by atoms with E-state index in [9.17, 15) is 19.7 Å². The third-order valence-corrected chi connectivity index (χ3v) is 6.27. The smallest absolute Gasteiger partial charge is 0.269 e. The number of nitro groups is 1. The number of rotatable bonds is 7. The summed E-state index contributed by atoms with van der Waals surface area (Å²) < 4.78 is 0. The van der Waals surface area contributed by atoms with Crippen molar-refractivity contribution in [2.75, 3.05) is 5.32 Å². The molecular weight excluding hydrogens is 484 g/mol. The van der Waals surface area contributed by atoms with Crippen molar-refractivity contribution in [3.05, 3.63) is 106 Å². The van der Waals surface area contributed by atoms with E-state index >= 15 is 0 Å². The third kappa shape index (κ3) is 5.05. The van der Waals surface area contributed by atoms with Gasteiger partial charge in [-0.3, -0.25) is 24.7 Å². The van der Waals surface area contributed by atoms with Crippen molar-refractivity contribution in [1.82, 2.24) is 15.3 Å². The van der Waals surface area contributed by atoms with Gasteiger partial charge >= 0.3 is 0 Å². The molecule has 0 radical (unpaired) electrons. The zero-order valence-corrected chi connectivity index (χ0v) is 20.7. The lowest BCUT2D eigenvalue weighted by molar-refractivity contribution is -0.384. The van der Waals surface area contributed by atoms with E-state index in [1.54, 1.807) is 12.3 Å². The molecule has 0 aliphatic carbocycles. The highest BCUT2D eigenvalue weighted by Crippen LogP contribution is 2.38. The number of aromatic nitrogens is 2. The van der Waals surface area contributed by atoms with E-state index in [0.29, 0.717) is 34.8 Å². The fourth-order valence-electron chi connectivity index (χ4n) is 4.37. The summed E-state index contributed by atoms with van der Waals surface area (Å²) in [5.74, 6) is -0.482. The van der Waals surface area contributed by atoms with Crippen LogP contribution in [-0.4, -0.2) is 32.4 Å². The molecule has 38 heavy (non-hydrogen) atoms. The fourth-order valence-corrected chi connectivity index (χ4v) is 4.37. The van der Waals surface area contributed by atoms with Crippen LogP contribution in [0.25, 0.3) is 11.3 Å². The van der Waals surface area contributed by atoms with Crippen molar-refractivity contribution in [2.45, 2.75) is 26.3 Å². The van der Waals surface area contributed by atoms with Crippen molar-refractivity contribution >= 4 is 34.6 Å². The van der Waals surface area contributed by atoms with Gasteiger partial charge in [0.25, 0.3) is 5.69 Å². The van der Waals surface area contributed by atoms with Crippen LogP contribution in [0.3, 0.4) is 0 Å². The number of H-pyrrole nitrogens is 1. The van der Waals surface area contributed by atoms with Gasteiger partial charge in [0.15, 0.2) is 0 Å². The monoisotopic (exact) mass is 508 g/mol. The normalized spacial score (nSPS) is 14.6. The van der Waals surface area contributed by atoms with Gasteiger partial charge in [-0.05, 0) is 41.8 Å². The van der Waals surface area contributed by atoms with Gasteiger partial charge in [-0.15, -0.1) is 0 Å². The second kappa shape index (κ2) is 10.1. The lowest BCUT2D eigenvalue weighted by atomic mass is 9.90. The minimum Gasteiger partial charge on any atom is -0.352 e. The van der Waals surface area contributed by atoms with E-state index in [1.807, 2.05) is 55.5 Å². The maximum absolute atomic E-state index is 13.2. The van der Waals surface area contributed by atoms with Gasteiger partial charge in [-0.2, -0.15) is 0 Å². The van der Waals surface area contributed by atoms with E-state index in [-0.39, 0.29) is 17.5 Å². The maximum Gasteiger partial charge on any atom is 0.269 e. The average Bonchev–Trinajstić information content (AvgIpc) is 3.48. The summed E-state index contributed by atoms with van der Waals surface area (Å²) in [6.45, 7) is 3.70. The number of aromatic amines is 1. The molecule has 4 aromatic rings. The number of anilines is 1. The Morgan fingerprint density at radius 1 is 1.11 bits per heavy atom. The summed E-state index contributed by atoms with van der Waals surface area (Å²) in [5, 5.41) is 17.0. The van der Waals surface area contributed by atoms with E-state index in [0.717, 1.165) is 22.6 Å². The molecule has 2 heterocycles. The van der Waals surface area contributed by atoms with Crippen molar-refractivity contribution in [1.29, 1.82) is 0 Å². The van der Waals surface area contributed by atoms with Crippen LogP contribution in [0, 0.1) is 17.0 Å². The van der Waals surface area contributed by atoms with Crippen LogP contribution in [0.1, 0.15) is 35.4 Å². The molecule has 0 saturated heterocycles. The minimum absolute atomic E-state index is 0.102. The van der Waals surface area contributed by atoms with Gasteiger partial charge in [0.05, 0.1) is 28.2 Å². The van der Waals surface area contributed by atoms with Gasteiger partial charge in [0, 0.05) is 36.9 Å². The number of fused-ring (bicyclic) bond motifs is 1. The summed E-state index contributed by atoms with van der Waals surface area (Å²) in [6.07, 6.45) is 1.76. The summed E-state index contributed by atoms with van der Waals surface area (Å²) in [4.78, 5) is 47.7. The number of benzene rings is 3. The SMILES string of the molecule is CC(=O)NCc1ccc(C(=Nc2ccc(-c3cnc(C)[nH]3)cc2)C2C(=O)Nc3ccc([N+](=O)[O-])cc32)cc1. The molecule has 0 bridgehead atoms. The molecule has 1 atom stereocenters. The highest BCUT2D eigenvalue weighted by atomic mass is 16.6. The first kappa shape index (κ1) is 24.6. The van der Waals surface area contributed by atoms with Crippen LogP contribution >= 0.6 is 0 Å². The highest BCUT2D eigenvalue weighted by molar-refractivity contribution is 6.24. The van der Waals surface area contributed by atoms with E-state index in [1.165, 1.54) is 19.1 Å². The highest BCUT2D eigenvalue weighted by Gasteiger charge is 2.36. The van der Waals surface area contributed by atoms with Crippen molar-refractivity contribution in [2.24, 2.45) is 4.99 Å². The van der Waals surface area contributed by atoms with Crippen LogP contribution in [0.2, 0.25) is 0 Å². The van der Waals surface area contributed by atoms with E-state index < -0.39 is 10.8 Å². The molecule has 2 amide bonds. The molecule has 1 aliphatic heterocycles. The fraction of sp³-hybridized carbons (Fsp3) is 0.143. The Labute approximate surface area is 218 Å². The number of nitrogens with one attached hydrogen (secondary N) is 3. The Balaban J connectivity index is 1.57. The zero-order valence-electron chi connectivity index (χ0n) is 20.7. The van der Waals surface area contributed by atoms with Crippen LogP contribution in [0.15, 0.2) is 77.9 Å². The number of carbonyl (C=O) groups excluding carboxylic acids is 2. The number of carbonyl (C=O) groups is 2. The molecule has 10 heteroatoms. The maximum atomic E-state index is 13.2. The Bertz CT molecular complexity index is 1570. The number of hydrogen-bond acceptors (Lipinski definition) is 6. The Kier molecular flexibility index (Phi) is 6.53. The molecule has 190 valence electrons. The molecular formula is C28H24N6O4. The molecule has 1 aromatic heterocycles. The van der Waals surface area contributed by atoms with E-state index in [4.69, 9.17) is 4.99 Å². The minimum atomic E-state index is -0.846. The Hall–Kier alpha value is -5.12. The van der Waals surface area contributed by atoms with Crippen LogP contribution in [0.4, 0.5) is 17.1 Å². The first-order valence-electron chi connectivity index (χ1n) is 11.9. The molecule has 10 nitrogen and oxygen atoms in total. The van der Waals surface area contributed by atoms with Gasteiger partial charge in [-0.1, -0.05) is 36.4 Å². The number of aryl methyl sites for hydroxylation is 1. The standard InChI is InChI=1S/C28H24N6O4/c1-16-29-15-25(31-16)19-7-9-21(10-8-19)32-27(20-5-3-18(4-6-20)14-30-17(2)35)26-23-13-22(34(37)38)11-12-24(23)33-28(26)36/h3-13,15,26H,14H2,1-2H3,(H,29,31)(H,30,35)(H,33,36). The first-order valence-corrected chi connectivity index (χ1v) is 11.9. The molecule has 0 spiro atoms. The second-order valence-corrected chi connectivity index (χ2v) is 8.98. The summed E-state index contributed by atoms with van der Waals surface area (Å²) >= 11 is 0. The molecule has 3 aromatic carbocycles. The lowest BCUT2D eigenvalue weighted by Crippen LogP contribution is -2.22. The number of hydrogen-bond donors (Lipinski definition) is 3. The van der Waals surface area contributed by atoms with Crippen molar-refractivity contribution in [3.63, 3.8) is 0 Å². The predicted molar refractivity (Wildman–Crippen MR) is 143 cm³/mol. The quantitative estimate of drug-likeness (QED) is 0.187. The molecule has 3 N–H and O–H groups in total. The molecule has 0 fully saturated rings. The summed E-state index contributed by atoms with van der Waals surface area (Å²) in [7, 11) is 0. The Morgan fingerprint density at radius 3 is 2.47 bits per heavy atom. The van der Waals surface area contributed by atoms with Gasteiger partial charge in [0.1, 0.15) is 11.7 Å². The van der Waals surface area contributed by atoms with Crippen LogP contribution in [0.5, 0.6) is 0 Å². The molecule has 1 aliphatic rings. The zero-order chi connectivity index (χ0) is 26.8. The number of non-ortho nitro benzene ring substituents is 1. The largest absolute Gasteiger partial charge is 0.352 e. The van der Waals surface area contributed by atoms with Gasteiger partial charge in [0.2, 0.25) is 11.8 Å². The topological polar surface area (TPSA) is 142 Å². The molecule has 1 unspecified atom stereocenters. The van der Waals surface area contributed by atoms with Crippen molar-refractivity contribution in [3.8, 4) is 11.3 Å².